The fraction of sp³-hybridized carbons (Fsp3) is 0.357. The minimum Gasteiger partial charge on any atom is -0.397 e. The Balaban J connectivity index is 1.60. The van der Waals surface area contributed by atoms with Crippen LogP contribution in [0.5, 0.6) is 0 Å². The summed E-state index contributed by atoms with van der Waals surface area (Å²) in [7, 11) is 5.56. The van der Waals surface area contributed by atoms with E-state index in [2.05, 4.69) is 15.3 Å². The third-order valence-electron chi connectivity index (χ3n) is 7.40. The largest absolute Gasteiger partial charge is 0.416 e. The molecule has 0 saturated carbocycles. The van der Waals surface area contributed by atoms with Gasteiger partial charge >= 0.3 is 6.18 Å². The average Bonchev–Trinajstić information content (AvgIpc) is 3.47. The van der Waals surface area contributed by atoms with Crippen molar-refractivity contribution in [3.63, 3.8) is 0 Å². The van der Waals surface area contributed by atoms with Crippen molar-refractivity contribution < 1.29 is 18.0 Å². The number of alkyl halides is 3. The molecule has 5 N–H and O–H groups in total. The number of nitrogens with zero attached hydrogens (tertiary/aromatic N) is 5. The molecule has 12 heteroatoms. The topological polar surface area (TPSA) is 109 Å². The van der Waals surface area contributed by atoms with Crippen molar-refractivity contribution in [2.75, 3.05) is 42.4 Å². The summed E-state index contributed by atoms with van der Waals surface area (Å²) < 4.78 is 43.0. The number of anilines is 3. The molecule has 2 aromatic carbocycles. The molecule has 2 heterocycles. The van der Waals surface area contributed by atoms with Crippen LogP contribution in [0.25, 0.3) is 5.70 Å². The molecule has 1 aliphatic rings. The van der Waals surface area contributed by atoms with Crippen LogP contribution in [0, 0.1) is 13.8 Å². The summed E-state index contributed by atoms with van der Waals surface area (Å²) in [6.45, 7) is 5.32. The van der Waals surface area contributed by atoms with Crippen LogP contribution >= 0.6 is 0 Å². The fourth-order valence-electron chi connectivity index (χ4n) is 4.79. The number of aryl methyl sites for hydroxylation is 2. The van der Waals surface area contributed by atoms with Crippen LogP contribution in [-0.2, 0) is 13.2 Å². The lowest BCUT2D eigenvalue weighted by molar-refractivity contribution is -0.137. The molecule has 0 bridgehead atoms. The molecule has 0 radical (unpaired) electrons. The van der Waals surface area contributed by atoms with E-state index in [1.54, 1.807) is 49.2 Å². The van der Waals surface area contributed by atoms with E-state index >= 15 is 0 Å². The Labute approximate surface area is 231 Å². The van der Waals surface area contributed by atoms with Gasteiger partial charge in [-0.15, -0.1) is 0 Å². The summed E-state index contributed by atoms with van der Waals surface area (Å²) in [6.07, 6.45) is -0.564. The van der Waals surface area contributed by atoms with Gasteiger partial charge in [-0.1, -0.05) is 6.07 Å². The Bertz CT molecular complexity index is 1430. The normalized spacial score (nSPS) is 16.3. The SMILES string of the molecule is Cc1ccc(C(=O)Nc2cc(N(C)C3CCN(C)C3)cc(C(F)(F)F)c2)cc1N(N)/C=C(\N)c1cnn(C)c1C. The highest BCUT2D eigenvalue weighted by Gasteiger charge is 2.33. The molecule has 40 heavy (non-hydrogen) atoms. The second-order valence-electron chi connectivity index (χ2n) is 10.3. The van der Waals surface area contributed by atoms with Crippen LogP contribution in [-0.4, -0.2) is 53.8 Å². The van der Waals surface area contributed by atoms with Crippen molar-refractivity contribution in [3.8, 4) is 0 Å². The Morgan fingerprint density at radius 3 is 2.50 bits per heavy atom. The molecule has 1 fully saturated rings. The standard InChI is InChI=1S/C28H35F3N8O/c1-17-6-7-19(10-26(17)39(33)16-25(32)24-14-34-38(5)18(24)2)27(40)35-21-11-20(28(29,30)31)12-23(13-21)37(4)22-8-9-36(3)15-22/h6-7,10-14,16,22H,8-9,15,32-33H2,1-5H3,(H,35,40)/b25-16-. The van der Waals surface area contributed by atoms with Crippen LogP contribution < -0.4 is 26.8 Å². The van der Waals surface area contributed by atoms with Crippen molar-refractivity contribution in [2.24, 2.45) is 18.6 Å². The molecule has 4 rings (SSSR count). The summed E-state index contributed by atoms with van der Waals surface area (Å²) in [5.74, 6) is 5.72. The number of hydrazine groups is 1. The third kappa shape index (κ3) is 6.23. The van der Waals surface area contributed by atoms with Gasteiger partial charge in [0.1, 0.15) is 0 Å². The Morgan fingerprint density at radius 1 is 1.18 bits per heavy atom. The Morgan fingerprint density at radius 2 is 1.90 bits per heavy atom. The Hall–Kier alpha value is -4.03. The first-order chi connectivity index (χ1) is 18.7. The summed E-state index contributed by atoms with van der Waals surface area (Å²) in [5, 5.41) is 8.13. The number of amides is 1. The van der Waals surface area contributed by atoms with Gasteiger partial charge in [-0.05, 0) is 69.8 Å². The smallest absolute Gasteiger partial charge is 0.397 e. The summed E-state index contributed by atoms with van der Waals surface area (Å²) >= 11 is 0. The van der Waals surface area contributed by atoms with Gasteiger partial charge in [-0.3, -0.25) is 14.5 Å². The number of likely N-dealkylation sites (N-methyl/N-ethyl adjacent to an activating group) is 2. The first-order valence-corrected chi connectivity index (χ1v) is 12.8. The molecule has 0 spiro atoms. The van der Waals surface area contributed by atoms with Crippen LogP contribution in [0.15, 0.2) is 48.8 Å². The van der Waals surface area contributed by atoms with E-state index in [1.165, 1.54) is 11.2 Å². The van der Waals surface area contributed by atoms with Gasteiger partial charge in [0.15, 0.2) is 0 Å². The van der Waals surface area contributed by atoms with Gasteiger partial charge in [0.25, 0.3) is 5.91 Å². The minimum absolute atomic E-state index is 0.0518. The predicted octanol–water partition coefficient (Wildman–Crippen LogP) is 4.09. The third-order valence-corrected chi connectivity index (χ3v) is 7.40. The highest BCUT2D eigenvalue weighted by Crippen LogP contribution is 2.35. The van der Waals surface area contributed by atoms with Crippen LogP contribution in [0.1, 0.15) is 39.2 Å². The summed E-state index contributed by atoms with van der Waals surface area (Å²) in [6, 6.07) is 8.57. The number of aromatic nitrogens is 2. The lowest BCUT2D eigenvalue weighted by Gasteiger charge is -2.28. The highest BCUT2D eigenvalue weighted by molar-refractivity contribution is 6.05. The zero-order valence-electron chi connectivity index (χ0n) is 23.3. The maximum Gasteiger partial charge on any atom is 0.416 e. The van der Waals surface area contributed by atoms with Gasteiger partial charge in [-0.25, -0.2) is 5.84 Å². The van der Waals surface area contributed by atoms with Gasteiger partial charge in [-0.2, -0.15) is 18.3 Å². The van der Waals surface area contributed by atoms with Crippen molar-refractivity contribution in [1.29, 1.82) is 0 Å². The van der Waals surface area contributed by atoms with E-state index in [9.17, 15) is 18.0 Å². The maximum absolute atomic E-state index is 13.8. The first kappa shape index (κ1) is 29.0. The van der Waals surface area contributed by atoms with Crippen molar-refractivity contribution in [2.45, 2.75) is 32.5 Å². The number of nitrogens with one attached hydrogen (secondary N) is 1. The summed E-state index contributed by atoms with van der Waals surface area (Å²) in [5.41, 5.74) is 9.32. The zero-order valence-corrected chi connectivity index (χ0v) is 23.3. The van der Waals surface area contributed by atoms with Crippen molar-refractivity contribution >= 4 is 28.7 Å². The number of halogens is 3. The molecule has 3 aromatic rings. The number of likely N-dealkylation sites (tertiary alicyclic amines) is 1. The first-order valence-electron chi connectivity index (χ1n) is 12.8. The van der Waals surface area contributed by atoms with E-state index in [0.717, 1.165) is 48.5 Å². The highest BCUT2D eigenvalue weighted by atomic mass is 19.4. The van der Waals surface area contributed by atoms with Crippen molar-refractivity contribution in [3.05, 3.63) is 76.7 Å². The van der Waals surface area contributed by atoms with Gasteiger partial charge < -0.3 is 20.9 Å². The average molecular weight is 557 g/mol. The van der Waals surface area contributed by atoms with E-state index < -0.39 is 17.6 Å². The Kier molecular flexibility index (Phi) is 8.13. The molecule has 9 nitrogen and oxygen atoms in total. The monoisotopic (exact) mass is 556 g/mol. The van der Waals surface area contributed by atoms with Crippen molar-refractivity contribution in [1.82, 2.24) is 14.7 Å². The van der Waals surface area contributed by atoms with E-state index in [-0.39, 0.29) is 17.3 Å². The molecule has 1 unspecified atom stereocenters. The van der Waals surface area contributed by atoms with E-state index in [0.29, 0.717) is 17.1 Å². The van der Waals surface area contributed by atoms with Gasteiger partial charge in [0, 0.05) is 61.1 Å². The number of hydrogen-bond acceptors (Lipinski definition) is 7. The predicted molar refractivity (Wildman–Crippen MR) is 152 cm³/mol. The minimum atomic E-state index is -4.57. The number of hydrogen-bond donors (Lipinski definition) is 3. The van der Waals surface area contributed by atoms with E-state index in [4.69, 9.17) is 11.6 Å². The molecule has 1 saturated heterocycles. The molecular formula is C28H35F3N8O. The molecule has 1 aliphatic heterocycles. The van der Waals surface area contributed by atoms with E-state index in [1.807, 2.05) is 25.8 Å². The number of nitrogens with two attached hydrogens (primary N) is 2. The number of carbonyl (C=O) groups is 1. The molecule has 1 atom stereocenters. The second kappa shape index (κ2) is 11.2. The number of benzene rings is 2. The number of rotatable bonds is 7. The second-order valence-corrected chi connectivity index (χ2v) is 10.3. The maximum atomic E-state index is 13.8. The molecule has 1 aromatic heterocycles. The molecule has 1 amide bonds. The van der Waals surface area contributed by atoms with Crippen LogP contribution in [0.3, 0.4) is 0 Å². The van der Waals surface area contributed by atoms with Gasteiger partial charge in [0.05, 0.1) is 23.1 Å². The fourth-order valence-corrected chi connectivity index (χ4v) is 4.79. The van der Waals surface area contributed by atoms with Crippen LogP contribution in [0.2, 0.25) is 0 Å². The summed E-state index contributed by atoms with van der Waals surface area (Å²) in [4.78, 5) is 17.2. The molecular weight excluding hydrogens is 521 g/mol. The lowest BCUT2D eigenvalue weighted by atomic mass is 10.1. The molecule has 214 valence electrons. The lowest BCUT2D eigenvalue weighted by Crippen LogP contribution is -2.34. The zero-order chi connectivity index (χ0) is 29.4. The molecule has 0 aliphatic carbocycles. The van der Waals surface area contributed by atoms with Gasteiger partial charge in [0.2, 0.25) is 0 Å². The number of carbonyl (C=O) groups excluding carboxylic acids is 1. The van der Waals surface area contributed by atoms with Crippen LogP contribution in [0.4, 0.5) is 30.2 Å². The quantitative estimate of drug-likeness (QED) is 0.297.